The summed E-state index contributed by atoms with van der Waals surface area (Å²) in [7, 11) is 0. The van der Waals surface area contributed by atoms with Gasteiger partial charge in [-0.2, -0.15) is 13.2 Å². The Labute approximate surface area is 133 Å². The number of anilines is 1. The number of carbonyl (C=O) groups is 1. The number of hydrogen-bond donors (Lipinski definition) is 1. The number of nitrogens with one attached hydrogen (secondary N) is 1. The SMILES string of the molecule is O=C(Cc1ncc(C(F)(F)F)cc1Cl)Nc1cccnc1Cl. The fraction of sp³-hybridized carbons (Fsp3) is 0.154. The predicted molar refractivity (Wildman–Crippen MR) is 75.8 cm³/mol. The first-order valence-electron chi connectivity index (χ1n) is 5.89. The third-order valence-corrected chi connectivity index (χ3v) is 3.23. The molecule has 0 saturated carbocycles. The molecule has 0 fully saturated rings. The second-order valence-corrected chi connectivity index (χ2v) is 4.98. The van der Waals surface area contributed by atoms with Gasteiger partial charge in [0.15, 0.2) is 5.15 Å². The van der Waals surface area contributed by atoms with E-state index in [0.29, 0.717) is 6.20 Å². The van der Waals surface area contributed by atoms with Crippen LogP contribution in [0.4, 0.5) is 18.9 Å². The molecule has 0 aliphatic carbocycles. The third kappa shape index (κ3) is 4.08. The van der Waals surface area contributed by atoms with Crippen LogP contribution < -0.4 is 5.32 Å². The summed E-state index contributed by atoms with van der Waals surface area (Å²) >= 11 is 11.5. The summed E-state index contributed by atoms with van der Waals surface area (Å²) in [5, 5.41) is 2.34. The molecule has 0 aliphatic heterocycles. The van der Waals surface area contributed by atoms with E-state index in [4.69, 9.17) is 23.2 Å². The largest absolute Gasteiger partial charge is 0.417 e. The monoisotopic (exact) mass is 349 g/mol. The topological polar surface area (TPSA) is 54.9 Å². The van der Waals surface area contributed by atoms with Gasteiger partial charge in [-0.3, -0.25) is 9.78 Å². The van der Waals surface area contributed by atoms with E-state index in [2.05, 4.69) is 15.3 Å². The van der Waals surface area contributed by atoms with Crippen molar-refractivity contribution >= 4 is 34.8 Å². The molecule has 0 radical (unpaired) electrons. The van der Waals surface area contributed by atoms with Crippen molar-refractivity contribution in [3.8, 4) is 0 Å². The van der Waals surface area contributed by atoms with Crippen LogP contribution >= 0.6 is 23.2 Å². The minimum Gasteiger partial charge on any atom is -0.323 e. The Bertz CT molecular complexity index is 707. The zero-order valence-electron chi connectivity index (χ0n) is 10.8. The molecule has 2 aromatic heterocycles. The number of rotatable bonds is 3. The molecule has 0 saturated heterocycles. The van der Waals surface area contributed by atoms with Crippen LogP contribution in [0, 0.1) is 0 Å². The standard InChI is InChI=1S/C13H8Cl2F3N3O/c14-8-4-7(13(16,17)18)6-20-10(8)5-11(22)21-9-2-1-3-19-12(9)15/h1-4,6H,5H2,(H,21,22). The molecule has 2 rings (SSSR count). The quantitative estimate of drug-likeness (QED) is 0.852. The Morgan fingerprint density at radius 1 is 1.27 bits per heavy atom. The lowest BCUT2D eigenvalue weighted by molar-refractivity contribution is -0.137. The van der Waals surface area contributed by atoms with Crippen molar-refractivity contribution in [2.45, 2.75) is 12.6 Å². The molecule has 4 nitrogen and oxygen atoms in total. The van der Waals surface area contributed by atoms with Crippen molar-refractivity contribution in [3.63, 3.8) is 0 Å². The molecule has 0 bridgehead atoms. The number of alkyl halides is 3. The van der Waals surface area contributed by atoms with Crippen LogP contribution in [0.15, 0.2) is 30.6 Å². The van der Waals surface area contributed by atoms with Crippen LogP contribution in [-0.2, 0) is 17.4 Å². The predicted octanol–water partition coefficient (Wildman–Crippen LogP) is 3.98. The molecule has 0 aromatic carbocycles. The van der Waals surface area contributed by atoms with Crippen molar-refractivity contribution in [3.05, 3.63) is 52.0 Å². The van der Waals surface area contributed by atoms with Crippen LogP contribution in [0.2, 0.25) is 10.2 Å². The molecule has 0 unspecified atom stereocenters. The van der Waals surface area contributed by atoms with E-state index >= 15 is 0 Å². The van der Waals surface area contributed by atoms with Crippen molar-refractivity contribution in [1.29, 1.82) is 0 Å². The third-order valence-electron chi connectivity index (χ3n) is 2.61. The van der Waals surface area contributed by atoms with Gasteiger partial charge in [-0.15, -0.1) is 0 Å². The highest BCUT2D eigenvalue weighted by Gasteiger charge is 2.31. The second kappa shape index (κ2) is 6.50. The molecule has 2 aromatic rings. The molecular weight excluding hydrogens is 342 g/mol. The fourth-order valence-corrected chi connectivity index (χ4v) is 1.98. The average Bonchev–Trinajstić information content (AvgIpc) is 2.42. The first-order chi connectivity index (χ1) is 10.3. The Morgan fingerprint density at radius 2 is 2.00 bits per heavy atom. The summed E-state index contributed by atoms with van der Waals surface area (Å²) in [4.78, 5) is 19.2. The maximum atomic E-state index is 12.5. The molecule has 0 spiro atoms. The molecule has 0 aliphatic rings. The van der Waals surface area contributed by atoms with Gasteiger partial charge in [0.05, 0.1) is 28.4 Å². The fourth-order valence-electron chi connectivity index (χ4n) is 1.58. The number of halogens is 5. The summed E-state index contributed by atoms with van der Waals surface area (Å²) in [5.74, 6) is -0.524. The molecule has 9 heteroatoms. The van der Waals surface area contributed by atoms with Gasteiger partial charge in [-0.25, -0.2) is 4.98 Å². The average molecular weight is 350 g/mol. The lowest BCUT2D eigenvalue weighted by Crippen LogP contribution is -2.16. The number of amides is 1. The van der Waals surface area contributed by atoms with E-state index in [1.807, 2.05) is 0 Å². The summed E-state index contributed by atoms with van der Waals surface area (Å²) in [5.41, 5.74) is -0.652. The van der Waals surface area contributed by atoms with Crippen molar-refractivity contribution in [2.75, 3.05) is 5.32 Å². The van der Waals surface area contributed by atoms with E-state index in [9.17, 15) is 18.0 Å². The van der Waals surface area contributed by atoms with Gasteiger partial charge < -0.3 is 5.32 Å². The van der Waals surface area contributed by atoms with E-state index in [1.54, 1.807) is 6.07 Å². The highest BCUT2D eigenvalue weighted by Crippen LogP contribution is 2.31. The Hall–Kier alpha value is -1.86. The van der Waals surface area contributed by atoms with E-state index in [0.717, 1.165) is 6.07 Å². The Balaban J connectivity index is 2.11. The summed E-state index contributed by atoms with van der Waals surface area (Å²) < 4.78 is 37.5. The lowest BCUT2D eigenvalue weighted by atomic mass is 10.2. The number of hydrogen-bond acceptors (Lipinski definition) is 3. The minimum atomic E-state index is -4.54. The van der Waals surface area contributed by atoms with Crippen molar-refractivity contribution in [1.82, 2.24) is 9.97 Å². The zero-order valence-corrected chi connectivity index (χ0v) is 12.3. The number of pyridine rings is 2. The Kier molecular flexibility index (Phi) is 4.87. The van der Waals surface area contributed by atoms with Gasteiger partial charge in [0, 0.05) is 12.4 Å². The zero-order chi connectivity index (χ0) is 16.3. The van der Waals surface area contributed by atoms with Crippen LogP contribution in [0.3, 0.4) is 0 Å². The van der Waals surface area contributed by atoms with E-state index < -0.39 is 17.6 Å². The first-order valence-corrected chi connectivity index (χ1v) is 6.65. The lowest BCUT2D eigenvalue weighted by Gasteiger charge is -2.10. The van der Waals surface area contributed by atoms with Gasteiger partial charge in [0.1, 0.15) is 0 Å². The van der Waals surface area contributed by atoms with E-state index in [1.165, 1.54) is 12.3 Å². The minimum absolute atomic E-state index is 0.0344. The Morgan fingerprint density at radius 3 is 2.59 bits per heavy atom. The second-order valence-electron chi connectivity index (χ2n) is 4.22. The number of aromatic nitrogens is 2. The summed E-state index contributed by atoms with van der Waals surface area (Å²) in [6, 6.07) is 3.84. The summed E-state index contributed by atoms with van der Waals surface area (Å²) in [6.07, 6.45) is -2.75. The van der Waals surface area contributed by atoms with Crippen LogP contribution in [0.1, 0.15) is 11.3 Å². The van der Waals surface area contributed by atoms with Crippen LogP contribution in [0.5, 0.6) is 0 Å². The van der Waals surface area contributed by atoms with Crippen LogP contribution in [-0.4, -0.2) is 15.9 Å². The summed E-state index contributed by atoms with van der Waals surface area (Å²) in [6.45, 7) is 0. The van der Waals surface area contributed by atoms with Crippen molar-refractivity contribution in [2.24, 2.45) is 0 Å². The van der Waals surface area contributed by atoms with Gasteiger partial charge in [-0.05, 0) is 18.2 Å². The van der Waals surface area contributed by atoms with E-state index in [-0.39, 0.29) is 28.0 Å². The van der Waals surface area contributed by atoms with Gasteiger partial charge >= 0.3 is 6.18 Å². The smallest absolute Gasteiger partial charge is 0.323 e. The first kappa shape index (κ1) is 16.5. The molecule has 22 heavy (non-hydrogen) atoms. The maximum absolute atomic E-state index is 12.5. The highest BCUT2D eigenvalue weighted by atomic mass is 35.5. The van der Waals surface area contributed by atoms with Crippen LogP contribution in [0.25, 0.3) is 0 Å². The molecule has 116 valence electrons. The molecule has 1 amide bonds. The van der Waals surface area contributed by atoms with Gasteiger partial charge in [0.2, 0.25) is 5.91 Å². The van der Waals surface area contributed by atoms with Gasteiger partial charge in [-0.1, -0.05) is 23.2 Å². The molecule has 0 atom stereocenters. The van der Waals surface area contributed by atoms with Crippen molar-refractivity contribution < 1.29 is 18.0 Å². The normalized spacial score (nSPS) is 11.3. The number of nitrogens with zero attached hydrogens (tertiary/aromatic N) is 2. The maximum Gasteiger partial charge on any atom is 0.417 e. The molecule has 2 heterocycles. The number of carbonyl (C=O) groups excluding carboxylic acids is 1. The molecule has 1 N–H and O–H groups in total. The molecular formula is C13H8Cl2F3N3O. The highest BCUT2D eigenvalue weighted by molar-refractivity contribution is 6.32. The van der Waals surface area contributed by atoms with Gasteiger partial charge in [0.25, 0.3) is 0 Å².